The maximum Gasteiger partial charge on any atom is 0.330 e. The molecule has 0 radical (unpaired) electrons. The first-order chi connectivity index (χ1) is 8.85. The van der Waals surface area contributed by atoms with Crippen LogP contribution in [0.5, 0.6) is 0 Å². The molecule has 0 aromatic rings. The Morgan fingerprint density at radius 1 is 1.37 bits per heavy atom. The number of amides is 2. The predicted molar refractivity (Wildman–Crippen MR) is 67.1 cm³/mol. The Hall–Kier alpha value is -1.59. The summed E-state index contributed by atoms with van der Waals surface area (Å²) in [6.45, 7) is 3.64. The van der Waals surface area contributed by atoms with Crippen LogP contribution in [0.1, 0.15) is 33.1 Å². The zero-order valence-corrected chi connectivity index (χ0v) is 11.6. The Kier molecular flexibility index (Phi) is 3.52. The number of carbonyl (C=O) groups is 3. The molecule has 2 amide bonds. The standard InChI is InChI=1S/C13H20N2O4/c1-13(2,12(18)19-3)14-11(17)8-6-10(16)15(7-8)9-4-5-9/h8-9H,4-7H2,1-3H3,(H,14,17)/t8-/m0/s1. The maximum atomic E-state index is 12.1. The smallest absolute Gasteiger partial charge is 0.330 e. The van der Waals surface area contributed by atoms with Gasteiger partial charge in [0, 0.05) is 19.0 Å². The van der Waals surface area contributed by atoms with Gasteiger partial charge in [-0.3, -0.25) is 9.59 Å². The van der Waals surface area contributed by atoms with E-state index in [-0.39, 0.29) is 24.2 Å². The molecule has 1 aliphatic heterocycles. The minimum absolute atomic E-state index is 0.0403. The van der Waals surface area contributed by atoms with Crippen LogP contribution in [-0.2, 0) is 19.1 Å². The first-order valence-electron chi connectivity index (χ1n) is 6.55. The number of esters is 1. The topological polar surface area (TPSA) is 75.7 Å². The van der Waals surface area contributed by atoms with Crippen LogP contribution in [0.3, 0.4) is 0 Å². The highest BCUT2D eigenvalue weighted by Gasteiger charge is 2.43. The first kappa shape index (κ1) is 13.8. The van der Waals surface area contributed by atoms with Gasteiger partial charge >= 0.3 is 5.97 Å². The predicted octanol–water partition coefficient (Wildman–Crippen LogP) is 0.0651. The summed E-state index contributed by atoms with van der Waals surface area (Å²) in [5.74, 6) is -1.08. The number of nitrogens with zero attached hydrogens (tertiary/aromatic N) is 1. The molecule has 2 fully saturated rings. The summed E-state index contributed by atoms with van der Waals surface area (Å²) in [6, 6.07) is 0.332. The molecule has 2 rings (SSSR count). The van der Waals surface area contributed by atoms with Gasteiger partial charge in [0.15, 0.2) is 0 Å². The van der Waals surface area contributed by atoms with Crippen molar-refractivity contribution in [2.75, 3.05) is 13.7 Å². The van der Waals surface area contributed by atoms with Crippen molar-refractivity contribution in [2.45, 2.75) is 44.7 Å². The van der Waals surface area contributed by atoms with Crippen molar-refractivity contribution in [1.29, 1.82) is 0 Å². The van der Waals surface area contributed by atoms with Crippen molar-refractivity contribution in [2.24, 2.45) is 5.92 Å². The van der Waals surface area contributed by atoms with Crippen LogP contribution in [0, 0.1) is 5.92 Å². The van der Waals surface area contributed by atoms with Gasteiger partial charge in [0.2, 0.25) is 11.8 Å². The summed E-state index contributed by atoms with van der Waals surface area (Å²) in [7, 11) is 1.28. The summed E-state index contributed by atoms with van der Waals surface area (Å²) in [6.07, 6.45) is 2.31. The highest BCUT2D eigenvalue weighted by Crippen LogP contribution is 2.32. The molecular formula is C13H20N2O4. The molecule has 0 spiro atoms. The fourth-order valence-electron chi connectivity index (χ4n) is 2.36. The highest BCUT2D eigenvalue weighted by molar-refractivity contribution is 5.93. The number of ether oxygens (including phenoxy) is 1. The van der Waals surface area contributed by atoms with E-state index in [0.717, 1.165) is 12.8 Å². The lowest BCUT2D eigenvalue weighted by molar-refractivity contribution is -0.149. The second kappa shape index (κ2) is 4.83. The molecule has 1 atom stereocenters. The summed E-state index contributed by atoms with van der Waals surface area (Å²) in [5.41, 5.74) is -1.07. The second-order valence-electron chi connectivity index (χ2n) is 5.78. The van der Waals surface area contributed by atoms with Gasteiger partial charge in [-0.15, -0.1) is 0 Å². The monoisotopic (exact) mass is 268 g/mol. The van der Waals surface area contributed by atoms with E-state index in [1.807, 2.05) is 0 Å². The molecular weight excluding hydrogens is 248 g/mol. The average molecular weight is 268 g/mol. The van der Waals surface area contributed by atoms with Crippen LogP contribution < -0.4 is 5.32 Å². The molecule has 106 valence electrons. The van der Waals surface area contributed by atoms with Gasteiger partial charge in [-0.2, -0.15) is 0 Å². The Morgan fingerprint density at radius 2 is 2.00 bits per heavy atom. The van der Waals surface area contributed by atoms with E-state index >= 15 is 0 Å². The number of hydrogen-bond acceptors (Lipinski definition) is 4. The fourth-order valence-corrected chi connectivity index (χ4v) is 2.36. The molecule has 6 nitrogen and oxygen atoms in total. The quantitative estimate of drug-likeness (QED) is 0.732. The Morgan fingerprint density at radius 3 is 2.53 bits per heavy atom. The Labute approximate surface area is 112 Å². The van der Waals surface area contributed by atoms with E-state index in [9.17, 15) is 14.4 Å². The van der Waals surface area contributed by atoms with E-state index in [2.05, 4.69) is 10.1 Å². The lowest BCUT2D eigenvalue weighted by Gasteiger charge is -2.24. The number of rotatable bonds is 4. The van der Waals surface area contributed by atoms with Gasteiger partial charge in [-0.25, -0.2) is 4.79 Å². The van der Waals surface area contributed by atoms with Crippen LogP contribution >= 0.6 is 0 Å². The Balaban J connectivity index is 1.94. The summed E-state index contributed by atoms with van der Waals surface area (Å²) in [5, 5.41) is 2.66. The van der Waals surface area contributed by atoms with Crippen molar-refractivity contribution < 1.29 is 19.1 Å². The van der Waals surface area contributed by atoms with E-state index < -0.39 is 11.5 Å². The number of nitrogens with one attached hydrogen (secondary N) is 1. The minimum Gasteiger partial charge on any atom is -0.467 e. The summed E-state index contributed by atoms with van der Waals surface area (Å²) in [4.78, 5) is 37.2. The van der Waals surface area contributed by atoms with Crippen molar-refractivity contribution in [3.63, 3.8) is 0 Å². The summed E-state index contributed by atoms with van der Waals surface area (Å²) >= 11 is 0. The van der Waals surface area contributed by atoms with Crippen LogP contribution in [0.15, 0.2) is 0 Å². The zero-order chi connectivity index (χ0) is 14.2. The molecule has 1 saturated heterocycles. The lowest BCUT2D eigenvalue weighted by Crippen LogP contribution is -2.52. The third-order valence-electron chi connectivity index (χ3n) is 3.65. The van der Waals surface area contributed by atoms with Gasteiger partial charge in [-0.05, 0) is 26.7 Å². The molecule has 19 heavy (non-hydrogen) atoms. The minimum atomic E-state index is -1.07. The van der Waals surface area contributed by atoms with Crippen molar-refractivity contribution in [3.05, 3.63) is 0 Å². The largest absolute Gasteiger partial charge is 0.467 e. The third-order valence-corrected chi connectivity index (χ3v) is 3.65. The lowest BCUT2D eigenvalue weighted by atomic mass is 10.0. The average Bonchev–Trinajstić information content (AvgIpc) is 3.10. The van der Waals surface area contributed by atoms with Gasteiger partial charge in [0.1, 0.15) is 5.54 Å². The number of methoxy groups -OCH3 is 1. The summed E-state index contributed by atoms with van der Waals surface area (Å²) < 4.78 is 4.64. The van der Waals surface area contributed by atoms with Gasteiger partial charge in [0.05, 0.1) is 13.0 Å². The van der Waals surface area contributed by atoms with Crippen LogP contribution in [0.2, 0.25) is 0 Å². The van der Waals surface area contributed by atoms with Crippen LogP contribution in [0.4, 0.5) is 0 Å². The van der Waals surface area contributed by atoms with Gasteiger partial charge in [-0.1, -0.05) is 0 Å². The van der Waals surface area contributed by atoms with Crippen molar-refractivity contribution in [3.8, 4) is 0 Å². The van der Waals surface area contributed by atoms with Crippen molar-refractivity contribution in [1.82, 2.24) is 10.2 Å². The molecule has 0 unspecified atom stereocenters. The molecule has 2 aliphatic rings. The van der Waals surface area contributed by atoms with Crippen molar-refractivity contribution >= 4 is 17.8 Å². The van der Waals surface area contributed by atoms with Gasteiger partial charge in [0.25, 0.3) is 0 Å². The molecule has 1 heterocycles. The molecule has 0 aromatic heterocycles. The van der Waals surface area contributed by atoms with E-state index in [1.54, 1.807) is 18.7 Å². The molecule has 1 aliphatic carbocycles. The van der Waals surface area contributed by atoms with Crippen LogP contribution in [-0.4, -0.2) is 47.9 Å². The molecule has 0 bridgehead atoms. The number of hydrogen-bond donors (Lipinski definition) is 1. The molecule has 1 N–H and O–H groups in total. The SMILES string of the molecule is COC(=O)C(C)(C)NC(=O)[C@H]1CC(=O)N(C2CC2)C1. The van der Waals surface area contributed by atoms with E-state index in [1.165, 1.54) is 7.11 Å². The molecule has 0 aromatic carbocycles. The van der Waals surface area contributed by atoms with E-state index in [4.69, 9.17) is 0 Å². The van der Waals surface area contributed by atoms with Crippen LogP contribution in [0.25, 0.3) is 0 Å². The van der Waals surface area contributed by atoms with Gasteiger partial charge < -0.3 is 15.0 Å². The van der Waals surface area contributed by atoms with E-state index in [0.29, 0.717) is 12.6 Å². The maximum absolute atomic E-state index is 12.1. The third kappa shape index (κ3) is 2.88. The zero-order valence-electron chi connectivity index (χ0n) is 11.6. The normalized spacial score (nSPS) is 23.4. The Bertz CT molecular complexity index is 415. The number of likely N-dealkylation sites (tertiary alicyclic amines) is 1. The number of carbonyl (C=O) groups excluding carboxylic acids is 3. The highest BCUT2D eigenvalue weighted by atomic mass is 16.5. The molecule has 1 saturated carbocycles. The molecule has 6 heteroatoms. The second-order valence-corrected chi connectivity index (χ2v) is 5.78. The fraction of sp³-hybridized carbons (Fsp3) is 0.769. The first-order valence-corrected chi connectivity index (χ1v) is 6.55.